The van der Waals surface area contributed by atoms with Crippen molar-refractivity contribution in [3.05, 3.63) is 34.6 Å². The second-order valence-corrected chi connectivity index (χ2v) is 3.61. The molecule has 0 radical (unpaired) electrons. The molecule has 1 rings (SSSR count). The average Bonchev–Trinajstić information content (AvgIpc) is 2.03. The van der Waals surface area contributed by atoms with Crippen molar-refractivity contribution in [2.45, 2.75) is 12.5 Å². The van der Waals surface area contributed by atoms with Gasteiger partial charge in [-0.2, -0.15) is 0 Å². The molecule has 4 heteroatoms. The molecule has 0 spiro atoms. The topological polar surface area (TPSA) is 46.2 Å². The third-order valence-electron chi connectivity index (χ3n) is 1.87. The van der Waals surface area contributed by atoms with E-state index in [9.17, 15) is 4.39 Å². The summed E-state index contributed by atoms with van der Waals surface area (Å²) in [5.41, 5.74) is 5.35. The highest BCUT2D eigenvalue weighted by Crippen LogP contribution is 2.26. The minimum Gasteiger partial charge on any atom is -0.394 e. The van der Waals surface area contributed by atoms with Gasteiger partial charge in [0.1, 0.15) is 5.82 Å². The van der Waals surface area contributed by atoms with Gasteiger partial charge >= 0.3 is 0 Å². The maximum Gasteiger partial charge on any atom is 0.124 e. The molecule has 3 N–H and O–H groups in total. The molecule has 1 unspecified atom stereocenters. The van der Waals surface area contributed by atoms with Crippen LogP contribution in [0.2, 0.25) is 5.02 Å². The van der Waals surface area contributed by atoms with Gasteiger partial charge in [0, 0.05) is 5.02 Å². The zero-order valence-electron chi connectivity index (χ0n) is 7.22. The molecule has 1 atom stereocenters. The smallest absolute Gasteiger partial charge is 0.124 e. The molecule has 0 aromatic heterocycles. The van der Waals surface area contributed by atoms with E-state index in [2.05, 4.69) is 0 Å². The Balaban J connectivity index is 3.16. The number of benzene rings is 1. The predicted octanol–water partition coefficient (Wildman–Crippen LogP) is 1.65. The van der Waals surface area contributed by atoms with E-state index in [0.717, 1.165) is 0 Å². The lowest BCUT2D eigenvalue weighted by atomic mass is 9.94. The van der Waals surface area contributed by atoms with Crippen LogP contribution in [0.15, 0.2) is 18.2 Å². The molecule has 0 bridgehead atoms. The van der Waals surface area contributed by atoms with Crippen molar-refractivity contribution in [3.8, 4) is 0 Å². The standard InChI is InChI=1S/C9H11ClFNO/c1-9(12,5-13)7-3-2-6(11)4-8(7)10/h2-4,13H,5,12H2,1H3. The summed E-state index contributed by atoms with van der Waals surface area (Å²) in [6.07, 6.45) is 0. The van der Waals surface area contributed by atoms with E-state index in [-0.39, 0.29) is 11.6 Å². The third kappa shape index (κ3) is 2.18. The van der Waals surface area contributed by atoms with Gasteiger partial charge in [-0.1, -0.05) is 17.7 Å². The fraction of sp³-hybridized carbons (Fsp3) is 0.333. The van der Waals surface area contributed by atoms with Crippen LogP contribution in [-0.4, -0.2) is 11.7 Å². The summed E-state index contributed by atoms with van der Waals surface area (Å²) < 4.78 is 12.7. The summed E-state index contributed by atoms with van der Waals surface area (Å²) >= 11 is 5.76. The van der Waals surface area contributed by atoms with Gasteiger partial charge < -0.3 is 10.8 Å². The van der Waals surface area contributed by atoms with Crippen molar-refractivity contribution in [2.24, 2.45) is 5.73 Å². The van der Waals surface area contributed by atoms with Crippen LogP contribution in [0.5, 0.6) is 0 Å². The van der Waals surface area contributed by atoms with Gasteiger partial charge in [-0.3, -0.25) is 0 Å². The Morgan fingerprint density at radius 2 is 2.23 bits per heavy atom. The van der Waals surface area contributed by atoms with Gasteiger partial charge in [-0.15, -0.1) is 0 Å². The molecule has 2 nitrogen and oxygen atoms in total. The van der Waals surface area contributed by atoms with Crippen molar-refractivity contribution in [2.75, 3.05) is 6.61 Å². The highest BCUT2D eigenvalue weighted by atomic mass is 35.5. The third-order valence-corrected chi connectivity index (χ3v) is 2.19. The molecule has 0 aliphatic rings. The average molecular weight is 204 g/mol. The van der Waals surface area contributed by atoms with Gasteiger partial charge in [0.25, 0.3) is 0 Å². The minimum absolute atomic E-state index is 0.235. The Kier molecular flexibility index (Phi) is 2.91. The van der Waals surface area contributed by atoms with Crippen LogP contribution in [0.25, 0.3) is 0 Å². The first-order valence-corrected chi connectivity index (χ1v) is 4.20. The molecule has 0 saturated heterocycles. The van der Waals surface area contributed by atoms with Gasteiger partial charge in [0.05, 0.1) is 12.1 Å². The van der Waals surface area contributed by atoms with Gasteiger partial charge in [-0.25, -0.2) is 4.39 Å². The summed E-state index contributed by atoms with van der Waals surface area (Å²) in [7, 11) is 0. The number of rotatable bonds is 2. The Morgan fingerprint density at radius 3 is 2.69 bits per heavy atom. The van der Waals surface area contributed by atoms with E-state index in [0.29, 0.717) is 5.56 Å². The second kappa shape index (κ2) is 3.62. The zero-order chi connectivity index (χ0) is 10.1. The molecular weight excluding hydrogens is 193 g/mol. The lowest BCUT2D eigenvalue weighted by molar-refractivity contribution is 0.210. The van der Waals surface area contributed by atoms with Crippen molar-refractivity contribution >= 4 is 11.6 Å². The number of nitrogens with two attached hydrogens (primary N) is 1. The lowest BCUT2D eigenvalue weighted by Gasteiger charge is -2.23. The summed E-state index contributed by atoms with van der Waals surface area (Å²) in [4.78, 5) is 0. The quantitative estimate of drug-likeness (QED) is 0.768. The van der Waals surface area contributed by atoms with Crippen LogP contribution in [0.4, 0.5) is 4.39 Å². The van der Waals surface area contributed by atoms with E-state index >= 15 is 0 Å². The summed E-state index contributed by atoms with van der Waals surface area (Å²) in [5.74, 6) is -0.414. The molecule has 13 heavy (non-hydrogen) atoms. The van der Waals surface area contributed by atoms with Crippen molar-refractivity contribution in [1.29, 1.82) is 0 Å². The van der Waals surface area contributed by atoms with Gasteiger partial charge in [0.15, 0.2) is 0 Å². The van der Waals surface area contributed by atoms with E-state index < -0.39 is 11.4 Å². The number of aliphatic hydroxyl groups excluding tert-OH is 1. The molecule has 0 aliphatic heterocycles. The van der Waals surface area contributed by atoms with Crippen LogP contribution in [0.1, 0.15) is 12.5 Å². The highest BCUT2D eigenvalue weighted by molar-refractivity contribution is 6.31. The molecule has 0 fully saturated rings. The second-order valence-electron chi connectivity index (χ2n) is 3.20. The first kappa shape index (κ1) is 10.4. The first-order valence-electron chi connectivity index (χ1n) is 3.82. The number of aliphatic hydroxyl groups is 1. The van der Waals surface area contributed by atoms with E-state index in [1.165, 1.54) is 18.2 Å². The fourth-order valence-corrected chi connectivity index (χ4v) is 1.42. The normalized spacial score (nSPS) is 15.5. The summed E-state index contributed by atoms with van der Waals surface area (Å²) in [6, 6.07) is 3.92. The largest absolute Gasteiger partial charge is 0.394 e. The highest BCUT2D eigenvalue weighted by Gasteiger charge is 2.22. The Morgan fingerprint density at radius 1 is 1.62 bits per heavy atom. The van der Waals surface area contributed by atoms with Crippen molar-refractivity contribution < 1.29 is 9.50 Å². The van der Waals surface area contributed by atoms with Gasteiger partial charge in [0.2, 0.25) is 0 Å². The molecular formula is C9H11ClFNO. The molecule has 1 aromatic rings. The van der Waals surface area contributed by atoms with Crippen LogP contribution in [0.3, 0.4) is 0 Å². The fourth-order valence-electron chi connectivity index (χ4n) is 1.04. The minimum atomic E-state index is -0.926. The van der Waals surface area contributed by atoms with Gasteiger partial charge in [-0.05, 0) is 24.6 Å². The van der Waals surface area contributed by atoms with Crippen LogP contribution in [-0.2, 0) is 5.54 Å². The molecule has 0 saturated carbocycles. The molecule has 72 valence electrons. The lowest BCUT2D eigenvalue weighted by Crippen LogP contribution is -2.37. The SMILES string of the molecule is CC(N)(CO)c1ccc(F)cc1Cl. The monoisotopic (exact) mass is 203 g/mol. The number of hydrogen-bond acceptors (Lipinski definition) is 2. The Labute approximate surface area is 81.1 Å². The molecule has 1 aromatic carbocycles. The zero-order valence-corrected chi connectivity index (χ0v) is 7.98. The van der Waals surface area contributed by atoms with Crippen LogP contribution in [0, 0.1) is 5.82 Å². The molecule has 0 amide bonds. The van der Waals surface area contributed by atoms with Crippen LogP contribution < -0.4 is 5.73 Å². The van der Waals surface area contributed by atoms with Crippen molar-refractivity contribution in [1.82, 2.24) is 0 Å². The number of halogens is 2. The summed E-state index contributed by atoms with van der Waals surface area (Å²) in [6.45, 7) is 1.39. The maximum atomic E-state index is 12.7. The number of hydrogen-bond donors (Lipinski definition) is 2. The van der Waals surface area contributed by atoms with Crippen LogP contribution >= 0.6 is 11.6 Å². The molecule has 0 aliphatic carbocycles. The molecule has 0 heterocycles. The Hall–Kier alpha value is -0.640. The predicted molar refractivity (Wildman–Crippen MR) is 50.0 cm³/mol. The Bertz CT molecular complexity index is 314. The summed E-state index contributed by atoms with van der Waals surface area (Å²) in [5, 5.41) is 9.20. The van der Waals surface area contributed by atoms with E-state index in [1.54, 1.807) is 6.92 Å². The maximum absolute atomic E-state index is 12.7. The first-order chi connectivity index (χ1) is 5.97. The van der Waals surface area contributed by atoms with E-state index in [1.807, 2.05) is 0 Å². The van der Waals surface area contributed by atoms with Crippen molar-refractivity contribution in [3.63, 3.8) is 0 Å². The van der Waals surface area contributed by atoms with E-state index in [4.69, 9.17) is 22.4 Å².